The molecule has 2 N–H and O–H groups in total. The molecule has 1 aromatic carbocycles. The van der Waals surface area contributed by atoms with Gasteiger partial charge in [0.25, 0.3) is 0 Å². The summed E-state index contributed by atoms with van der Waals surface area (Å²) in [6.07, 6.45) is -6.11. The van der Waals surface area contributed by atoms with E-state index in [4.69, 9.17) is 0 Å². The average molecular weight is 319 g/mol. The molecular formula is C14H16F3NO4. The number of alkyl halides is 3. The molecule has 0 bridgehead atoms. The van der Waals surface area contributed by atoms with Gasteiger partial charge >= 0.3 is 12.1 Å². The van der Waals surface area contributed by atoms with Crippen molar-refractivity contribution >= 4 is 17.6 Å². The van der Waals surface area contributed by atoms with E-state index in [0.29, 0.717) is 6.07 Å². The number of benzene rings is 1. The minimum Gasteiger partial charge on any atom is -0.465 e. The highest BCUT2D eigenvalue weighted by Gasteiger charge is 2.36. The van der Waals surface area contributed by atoms with Crippen molar-refractivity contribution in [3.8, 4) is 0 Å². The zero-order valence-corrected chi connectivity index (χ0v) is 12.2. The van der Waals surface area contributed by atoms with Crippen molar-refractivity contribution in [1.29, 1.82) is 0 Å². The molecule has 0 aliphatic heterocycles. The number of hydrogen-bond acceptors (Lipinski definition) is 4. The molecule has 0 spiro atoms. The number of carbonyl (C=O) groups excluding carboxylic acids is 2. The first kappa shape index (κ1) is 18.0. The molecule has 0 aromatic heterocycles. The molecule has 0 heterocycles. The number of amides is 1. The van der Waals surface area contributed by atoms with E-state index in [1.54, 1.807) is 0 Å². The van der Waals surface area contributed by atoms with Crippen LogP contribution in [0.1, 0.15) is 47.9 Å². The second-order valence-electron chi connectivity index (χ2n) is 4.58. The lowest BCUT2D eigenvalue weighted by molar-refractivity contribution is -0.139. The minimum atomic E-state index is -4.74. The van der Waals surface area contributed by atoms with E-state index in [9.17, 15) is 27.9 Å². The van der Waals surface area contributed by atoms with Crippen LogP contribution in [-0.2, 0) is 15.7 Å². The number of nitrogens with one attached hydrogen (secondary N) is 1. The number of carbonyl (C=O) groups is 2. The van der Waals surface area contributed by atoms with Crippen LogP contribution in [0.25, 0.3) is 0 Å². The molecule has 8 heteroatoms. The summed E-state index contributed by atoms with van der Waals surface area (Å²) in [5.74, 6) is -1.55. The molecule has 1 rings (SSSR count). The molecule has 5 nitrogen and oxygen atoms in total. The molecule has 0 saturated carbocycles. The van der Waals surface area contributed by atoms with Crippen LogP contribution >= 0.6 is 0 Å². The molecule has 1 unspecified atom stereocenters. The molecule has 1 atom stereocenters. The Kier molecular flexibility index (Phi) is 5.54. The predicted octanol–water partition coefficient (Wildman–Crippen LogP) is 2.89. The lowest BCUT2D eigenvalue weighted by Crippen LogP contribution is -2.18. The Hall–Kier alpha value is -2.09. The molecule has 0 aliphatic carbocycles. The van der Waals surface area contributed by atoms with Gasteiger partial charge in [0.15, 0.2) is 0 Å². The molecule has 1 amide bonds. The summed E-state index contributed by atoms with van der Waals surface area (Å²) in [6.45, 7) is 2.60. The van der Waals surface area contributed by atoms with Gasteiger partial charge in [-0.15, -0.1) is 0 Å². The van der Waals surface area contributed by atoms with Gasteiger partial charge in [-0.2, -0.15) is 13.2 Å². The Morgan fingerprint density at radius 3 is 2.36 bits per heavy atom. The second kappa shape index (κ2) is 6.78. The molecule has 0 saturated heterocycles. The monoisotopic (exact) mass is 319 g/mol. The van der Waals surface area contributed by atoms with Crippen LogP contribution in [-0.4, -0.2) is 24.1 Å². The molecule has 0 aliphatic rings. The summed E-state index contributed by atoms with van der Waals surface area (Å²) in [5.41, 5.74) is -2.13. The standard InChI is InChI=1S/C14H16F3NO4/c1-4-12(20)8-5-9(13(21)22-3)11(18-7(2)19)6-10(8)14(15,16)17/h5-6,12,20H,4H2,1-3H3,(H,18,19). The van der Waals surface area contributed by atoms with Gasteiger partial charge in [-0.3, -0.25) is 4.79 Å². The summed E-state index contributed by atoms with van der Waals surface area (Å²) < 4.78 is 43.9. The third kappa shape index (κ3) is 3.97. The number of ether oxygens (including phenoxy) is 1. The number of hydrogen-bond donors (Lipinski definition) is 2. The van der Waals surface area contributed by atoms with Gasteiger partial charge in [-0.25, -0.2) is 4.79 Å². The number of rotatable bonds is 4. The van der Waals surface area contributed by atoms with Crippen LogP contribution in [0.15, 0.2) is 12.1 Å². The maximum Gasteiger partial charge on any atom is 0.416 e. The number of aliphatic hydroxyl groups is 1. The number of halogens is 3. The highest BCUT2D eigenvalue weighted by Crippen LogP contribution is 2.38. The van der Waals surface area contributed by atoms with E-state index in [1.807, 2.05) is 0 Å². The fraction of sp³-hybridized carbons (Fsp3) is 0.429. The van der Waals surface area contributed by atoms with E-state index < -0.39 is 35.3 Å². The quantitative estimate of drug-likeness (QED) is 0.837. The van der Waals surface area contributed by atoms with Gasteiger partial charge in [-0.1, -0.05) is 6.92 Å². The van der Waals surface area contributed by atoms with Crippen molar-refractivity contribution in [2.75, 3.05) is 12.4 Å². The smallest absolute Gasteiger partial charge is 0.416 e. The molecule has 0 fully saturated rings. The van der Waals surface area contributed by atoms with Gasteiger partial charge in [0.05, 0.1) is 30.0 Å². The van der Waals surface area contributed by atoms with Crippen molar-refractivity contribution in [2.24, 2.45) is 0 Å². The highest BCUT2D eigenvalue weighted by atomic mass is 19.4. The van der Waals surface area contributed by atoms with Crippen LogP contribution in [0.3, 0.4) is 0 Å². The number of esters is 1. The number of aliphatic hydroxyl groups excluding tert-OH is 1. The third-order valence-electron chi connectivity index (χ3n) is 2.96. The molecule has 22 heavy (non-hydrogen) atoms. The molecular weight excluding hydrogens is 303 g/mol. The first-order valence-electron chi connectivity index (χ1n) is 6.40. The second-order valence-corrected chi connectivity index (χ2v) is 4.58. The average Bonchev–Trinajstić information content (AvgIpc) is 2.43. The van der Waals surface area contributed by atoms with Gasteiger partial charge in [-0.05, 0) is 24.1 Å². The minimum absolute atomic E-state index is 0.0309. The number of anilines is 1. The SMILES string of the molecule is CCC(O)c1cc(C(=O)OC)c(NC(C)=O)cc1C(F)(F)F. The summed E-state index contributed by atoms with van der Waals surface area (Å²) in [6, 6.07) is 1.52. The van der Waals surface area contributed by atoms with Crippen LogP contribution in [0, 0.1) is 0 Å². The Labute approximate surface area is 125 Å². The van der Waals surface area contributed by atoms with E-state index in [1.165, 1.54) is 6.92 Å². The Morgan fingerprint density at radius 2 is 1.95 bits per heavy atom. The maximum atomic E-state index is 13.1. The van der Waals surface area contributed by atoms with Crippen LogP contribution in [0.2, 0.25) is 0 Å². The Bertz CT molecular complexity index is 584. The van der Waals surface area contributed by atoms with Crippen molar-refractivity contribution in [2.45, 2.75) is 32.5 Å². The lowest BCUT2D eigenvalue weighted by Gasteiger charge is -2.20. The van der Waals surface area contributed by atoms with Crippen molar-refractivity contribution in [3.05, 3.63) is 28.8 Å². The largest absolute Gasteiger partial charge is 0.465 e. The normalized spacial score (nSPS) is 12.7. The molecule has 1 aromatic rings. The van der Waals surface area contributed by atoms with Gasteiger partial charge in [0.2, 0.25) is 5.91 Å². The first-order chi connectivity index (χ1) is 10.1. The van der Waals surface area contributed by atoms with Crippen molar-refractivity contribution in [1.82, 2.24) is 0 Å². The zero-order chi connectivity index (χ0) is 17.1. The van der Waals surface area contributed by atoms with Gasteiger partial charge in [0.1, 0.15) is 0 Å². The maximum absolute atomic E-state index is 13.1. The fourth-order valence-corrected chi connectivity index (χ4v) is 1.93. The Balaban J connectivity index is 3.63. The molecule has 122 valence electrons. The fourth-order valence-electron chi connectivity index (χ4n) is 1.93. The predicted molar refractivity (Wildman–Crippen MR) is 72.3 cm³/mol. The molecule has 0 radical (unpaired) electrons. The topological polar surface area (TPSA) is 75.6 Å². The van der Waals surface area contributed by atoms with Crippen molar-refractivity contribution in [3.63, 3.8) is 0 Å². The Morgan fingerprint density at radius 1 is 1.36 bits per heavy atom. The number of methoxy groups -OCH3 is 1. The van der Waals surface area contributed by atoms with E-state index in [-0.39, 0.29) is 17.7 Å². The van der Waals surface area contributed by atoms with Crippen molar-refractivity contribution < 1.29 is 32.6 Å². The summed E-state index contributed by atoms with van der Waals surface area (Å²) >= 11 is 0. The summed E-state index contributed by atoms with van der Waals surface area (Å²) in [7, 11) is 1.06. The lowest BCUT2D eigenvalue weighted by atomic mass is 9.96. The van der Waals surface area contributed by atoms with Crippen LogP contribution in [0.5, 0.6) is 0 Å². The van der Waals surface area contributed by atoms with Crippen LogP contribution in [0.4, 0.5) is 18.9 Å². The first-order valence-corrected chi connectivity index (χ1v) is 6.40. The zero-order valence-electron chi connectivity index (χ0n) is 12.2. The summed E-state index contributed by atoms with van der Waals surface area (Å²) in [5, 5.41) is 11.9. The van der Waals surface area contributed by atoms with E-state index in [2.05, 4.69) is 10.1 Å². The third-order valence-corrected chi connectivity index (χ3v) is 2.96. The van der Waals surface area contributed by atoms with E-state index >= 15 is 0 Å². The summed E-state index contributed by atoms with van der Waals surface area (Å²) in [4.78, 5) is 22.8. The van der Waals surface area contributed by atoms with Gasteiger partial charge in [0, 0.05) is 6.92 Å². The van der Waals surface area contributed by atoms with Gasteiger partial charge < -0.3 is 15.2 Å². The van der Waals surface area contributed by atoms with Crippen LogP contribution < -0.4 is 5.32 Å². The van der Waals surface area contributed by atoms with E-state index in [0.717, 1.165) is 20.1 Å². The highest BCUT2D eigenvalue weighted by molar-refractivity contribution is 6.01.